The van der Waals surface area contributed by atoms with E-state index in [0.717, 1.165) is 15.6 Å². The maximum Gasteiger partial charge on any atom is 0.162 e. The fraction of sp³-hybridized carbons (Fsp3) is 0.0870. The normalized spacial score (nSPS) is 11.1. The van der Waals surface area contributed by atoms with Crippen LogP contribution in [0.2, 0.25) is 5.02 Å². The number of allylic oxidation sites excluding steroid dienone is 1. The molecule has 0 fully saturated rings. The van der Waals surface area contributed by atoms with Crippen LogP contribution in [0.5, 0.6) is 11.5 Å². The van der Waals surface area contributed by atoms with E-state index in [2.05, 4.69) is 22.0 Å². The average Bonchev–Trinajstić information content (AvgIpc) is 2.73. The van der Waals surface area contributed by atoms with E-state index in [0.29, 0.717) is 27.7 Å². The summed E-state index contributed by atoms with van der Waals surface area (Å²) in [5.74, 6) is 0.702. The lowest BCUT2D eigenvalue weighted by atomic mass is 10.0. The number of ether oxygens (including phenoxy) is 2. The molecular formula is C23H16BrClFNO2. The van der Waals surface area contributed by atoms with Gasteiger partial charge in [0.1, 0.15) is 12.4 Å². The Morgan fingerprint density at radius 2 is 1.86 bits per heavy atom. The van der Waals surface area contributed by atoms with Crippen molar-refractivity contribution < 1.29 is 13.9 Å². The second-order valence-corrected chi connectivity index (χ2v) is 7.34. The van der Waals surface area contributed by atoms with Crippen LogP contribution in [0.4, 0.5) is 4.39 Å². The maximum absolute atomic E-state index is 13.2. The van der Waals surface area contributed by atoms with Crippen LogP contribution in [0.15, 0.2) is 65.1 Å². The number of halogens is 3. The summed E-state index contributed by atoms with van der Waals surface area (Å²) < 4.78 is 25.2. The summed E-state index contributed by atoms with van der Waals surface area (Å²) in [6.45, 7) is 0.288. The van der Waals surface area contributed by atoms with Crippen LogP contribution in [0.3, 0.4) is 0 Å². The van der Waals surface area contributed by atoms with Gasteiger partial charge in [0.15, 0.2) is 11.5 Å². The van der Waals surface area contributed by atoms with E-state index in [1.807, 2.05) is 18.2 Å². The SMILES string of the molecule is COc1cc(/C=C(\C#N)c2ccc(F)cc2)c(Br)cc1OCc1ccccc1Cl. The first-order valence-electron chi connectivity index (χ1n) is 8.63. The molecule has 0 aliphatic heterocycles. The van der Waals surface area contributed by atoms with Crippen LogP contribution in [0, 0.1) is 17.1 Å². The minimum atomic E-state index is -0.353. The summed E-state index contributed by atoms with van der Waals surface area (Å²) in [7, 11) is 1.55. The molecule has 0 radical (unpaired) electrons. The number of hydrogen-bond donors (Lipinski definition) is 0. The van der Waals surface area contributed by atoms with Crippen LogP contribution in [-0.4, -0.2) is 7.11 Å². The van der Waals surface area contributed by atoms with Gasteiger partial charge in [-0.15, -0.1) is 0 Å². The van der Waals surface area contributed by atoms with E-state index in [1.54, 1.807) is 43.5 Å². The second kappa shape index (κ2) is 9.60. The van der Waals surface area contributed by atoms with Gasteiger partial charge >= 0.3 is 0 Å². The lowest BCUT2D eigenvalue weighted by molar-refractivity contribution is 0.284. The third-order valence-corrected chi connectivity index (χ3v) is 5.25. The average molecular weight is 473 g/mol. The molecule has 3 rings (SSSR count). The van der Waals surface area contributed by atoms with Gasteiger partial charge in [-0.05, 0) is 47.5 Å². The Bertz CT molecular complexity index is 1090. The highest BCUT2D eigenvalue weighted by Crippen LogP contribution is 2.36. The zero-order valence-electron chi connectivity index (χ0n) is 15.5. The van der Waals surface area contributed by atoms with Gasteiger partial charge in [0, 0.05) is 15.1 Å². The summed E-state index contributed by atoms with van der Waals surface area (Å²) in [6, 6.07) is 18.9. The van der Waals surface area contributed by atoms with Crippen molar-refractivity contribution in [2.24, 2.45) is 0 Å². The molecule has 0 amide bonds. The number of methoxy groups -OCH3 is 1. The quantitative estimate of drug-likeness (QED) is 0.290. The third-order valence-electron chi connectivity index (χ3n) is 4.20. The number of nitriles is 1. The summed E-state index contributed by atoms with van der Waals surface area (Å²) in [6.07, 6.45) is 1.71. The zero-order valence-corrected chi connectivity index (χ0v) is 17.8. The predicted molar refractivity (Wildman–Crippen MR) is 116 cm³/mol. The highest BCUT2D eigenvalue weighted by molar-refractivity contribution is 9.10. The molecule has 0 N–H and O–H groups in total. The van der Waals surface area contributed by atoms with Crippen molar-refractivity contribution in [3.63, 3.8) is 0 Å². The lowest BCUT2D eigenvalue weighted by Gasteiger charge is -2.14. The van der Waals surface area contributed by atoms with Crippen molar-refractivity contribution in [2.45, 2.75) is 6.61 Å². The third kappa shape index (κ3) is 5.17. The van der Waals surface area contributed by atoms with Crippen LogP contribution >= 0.6 is 27.5 Å². The van der Waals surface area contributed by atoms with Gasteiger partial charge in [0.05, 0.1) is 18.8 Å². The van der Waals surface area contributed by atoms with E-state index in [-0.39, 0.29) is 12.4 Å². The van der Waals surface area contributed by atoms with Gasteiger partial charge < -0.3 is 9.47 Å². The van der Waals surface area contributed by atoms with Gasteiger partial charge in [-0.25, -0.2) is 4.39 Å². The number of benzene rings is 3. The topological polar surface area (TPSA) is 42.2 Å². The van der Waals surface area contributed by atoms with Crippen molar-refractivity contribution >= 4 is 39.2 Å². The molecule has 29 heavy (non-hydrogen) atoms. The molecule has 0 aliphatic carbocycles. The molecule has 0 spiro atoms. The highest BCUT2D eigenvalue weighted by Gasteiger charge is 2.12. The van der Waals surface area contributed by atoms with Crippen molar-refractivity contribution in [1.29, 1.82) is 5.26 Å². The standard InChI is InChI=1S/C23H16BrClFNO2/c1-28-22-11-17(10-18(13-27)15-6-8-19(26)9-7-15)20(24)12-23(22)29-14-16-4-2-3-5-21(16)25/h2-12H,14H2,1H3/b18-10+. The molecule has 0 bridgehead atoms. The van der Waals surface area contributed by atoms with Gasteiger partial charge in [-0.1, -0.05) is 57.9 Å². The molecular weight excluding hydrogens is 457 g/mol. The Kier molecular flexibility index (Phi) is 6.92. The van der Waals surface area contributed by atoms with E-state index in [1.165, 1.54) is 12.1 Å². The smallest absolute Gasteiger partial charge is 0.162 e. The Balaban J connectivity index is 1.90. The van der Waals surface area contributed by atoms with Crippen molar-refractivity contribution in [2.75, 3.05) is 7.11 Å². The van der Waals surface area contributed by atoms with Crippen LogP contribution < -0.4 is 9.47 Å². The minimum absolute atomic E-state index is 0.288. The Hall–Kier alpha value is -2.81. The summed E-state index contributed by atoms with van der Waals surface area (Å²) in [5, 5.41) is 10.2. The van der Waals surface area contributed by atoms with E-state index in [9.17, 15) is 9.65 Å². The number of hydrogen-bond acceptors (Lipinski definition) is 3. The van der Waals surface area contributed by atoms with Gasteiger partial charge in [0.25, 0.3) is 0 Å². The molecule has 3 nitrogen and oxygen atoms in total. The summed E-state index contributed by atoms with van der Waals surface area (Å²) >= 11 is 9.70. The van der Waals surface area contributed by atoms with Gasteiger partial charge in [-0.3, -0.25) is 0 Å². The Morgan fingerprint density at radius 1 is 1.14 bits per heavy atom. The fourth-order valence-electron chi connectivity index (χ4n) is 2.67. The molecule has 0 aromatic heterocycles. The van der Waals surface area contributed by atoms with E-state index in [4.69, 9.17) is 21.1 Å². The van der Waals surface area contributed by atoms with Crippen molar-refractivity contribution in [1.82, 2.24) is 0 Å². The Morgan fingerprint density at radius 3 is 2.52 bits per heavy atom. The molecule has 0 saturated heterocycles. The molecule has 3 aromatic carbocycles. The molecule has 6 heteroatoms. The first-order valence-corrected chi connectivity index (χ1v) is 9.80. The maximum atomic E-state index is 13.2. The molecule has 0 saturated carbocycles. The van der Waals surface area contributed by atoms with Crippen LogP contribution in [0.1, 0.15) is 16.7 Å². The highest BCUT2D eigenvalue weighted by atomic mass is 79.9. The number of nitrogens with zero attached hydrogens (tertiary/aromatic N) is 1. The predicted octanol–water partition coefficient (Wildman–Crippen LogP) is 6.89. The largest absolute Gasteiger partial charge is 0.493 e. The molecule has 146 valence electrons. The zero-order chi connectivity index (χ0) is 20.8. The molecule has 0 aliphatic rings. The molecule has 0 heterocycles. The van der Waals surface area contributed by atoms with Gasteiger partial charge in [-0.2, -0.15) is 5.26 Å². The molecule has 0 unspecified atom stereocenters. The van der Waals surface area contributed by atoms with Crippen LogP contribution in [0.25, 0.3) is 11.6 Å². The summed E-state index contributed by atoms with van der Waals surface area (Å²) in [4.78, 5) is 0. The van der Waals surface area contributed by atoms with E-state index < -0.39 is 0 Å². The van der Waals surface area contributed by atoms with Crippen molar-refractivity contribution in [3.05, 3.63) is 92.7 Å². The first-order chi connectivity index (χ1) is 14.0. The first kappa shape index (κ1) is 20.9. The fourth-order valence-corrected chi connectivity index (χ4v) is 3.30. The number of rotatable bonds is 6. The van der Waals surface area contributed by atoms with E-state index >= 15 is 0 Å². The van der Waals surface area contributed by atoms with Crippen molar-refractivity contribution in [3.8, 4) is 17.6 Å². The molecule has 3 aromatic rings. The van der Waals surface area contributed by atoms with Crippen LogP contribution in [-0.2, 0) is 6.61 Å². The summed E-state index contributed by atoms with van der Waals surface area (Å²) in [5.41, 5.74) is 2.61. The minimum Gasteiger partial charge on any atom is -0.493 e. The lowest BCUT2D eigenvalue weighted by Crippen LogP contribution is -1.99. The molecule has 0 atom stereocenters. The van der Waals surface area contributed by atoms with Gasteiger partial charge in [0.2, 0.25) is 0 Å². The Labute approximate surface area is 182 Å². The monoisotopic (exact) mass is 471 g/mol. The second-order valence-electron chi connectivity index (χ2n) is 6.08.